The van der Waals surface area contributed by atoms with Crippen molar-refractivity contribution in [2.75, 3.05) is 46.4 Å². The number of benzene rings is 1. The maximum atomic E-state index is 6.25. The van der Waals surface area contributed by atoms with Gasteiger partial charge in [0, 0.05) is 55.7 Å². The van der Waals surface area contributed by atoms with Gasteiger partial charge in [-0.3, -0.25) is 9.89 Å². The Hall–Kier alpha value is -0.940. The van der Waals surface area contributed by atoms with Crippen LogP contribution >= 0.6 is 46.9 Å². The number of rotatable bonds is 8. The topological polar surface area (TPSA) is 61.8 Å². The summed E-state index contributed by atoms with van der Waals surface area (Å²) in [5.74, 6) is 0.803. The third kappa shape index (κ3) is 7.64. The maximum Gasteiger partial charge on any atom is 0.191 e. The van der Waals surface area contributed by atoms with Crippen molar-refractivity contribution < 1.29 is 4.74 Å². The highest BCUT2D eigenvalue weighted by Crippen LogP contribution is 2.24. The quantitative estimate of drug-likeness (QED) is 0.291. The molecule has 2 heterocycles. The van der Waals surface area contributed by atoms with Crippen LogP contribution in [0.1, 0.15) is 28.4 Å². The fourth-order valence-corrected chi connectivity index (χ4v) is 4.45. The van der Waals surface area contributed by atoms with Crippen LogP contribution in [0.2, 0.25) is 5.02 Å². The highest BCUT2D eigenvalue weighted by Gasteiger charge is 2.23. The molecular weight excluding hydrogens is 533 g/mol. The Labute approximate surface area is 205 Å². The van der Waals surface area contributed by atoms with Crippen LogP contribution in [-0.2, 0) is 17.6 Å². The number of aromatic nitrogens is 1. The zero-order chi connectivity index (χ0) is 20.5. The van der Waals surface area contributed by atoms with Crippen molar-refractivity contribution in [3.63, 3.8) is 0 Å². The van der Waals surface area contributed by atoms with Gasteiger partial charge in [0.25, 0.3) is 0 Å². The summed E-state index contributed by atoms with van der Waals surface area (Å²) in [6.45, 7) is 7.05. The van der Waals surface area contributed by atoms with Gasteiger partial charge in [0.15, 0.2) is 5.96 Å². The van der Waals surface area contributed by atoms with Gasteiger partial charge in [0.1, 0.15) is 0 Å². The fraction of sp³-hybridized carbons (Fsp3) is 0.524. The van der Waals surface area contributed by atoms with Crippen molar-refractivity contribution in [2.24, 2.45) is 4.99 Å². The Kier molecular flexibility index (Phi) is 11.4. The largest absolute Gasteiger partial charge is 0.379 e. The van der Waals surface area contributed by atoms with E-state index in [1.165, 1.54) is 10.4 Å². The molecular formula is C21H31ClIN5OS. The Morgan fingerprint density at radius 2 is 2.13 bits per heavy atom. The van der Waals surface area contributed by atoms with Crippen molar-refractivity contribution in [1.29, 1.82) is 0 Å². The van der Waals surface area contributed by atoms with Crippen molar-refractivity contribution in [2.45, 2.75) is 25.8 Å². The predicted octanol–water partition coefficient (Wildman–Crippen LogP) is 3.76. The summed E-state index contributed by atoms with van der Waals surface area (Å²) in [6.07, 6.45) is 3.91. The van der Waals surface area contributed by atoms with Crippen LogP contribution in [0, 0.1) is 0 Å². The van der Waals surface area contributed by atoms with Crippen LogP contribution in [0.4, 0.5) is 0 Å². The number of nitrogens with zero attached hydrogens (tertiary/aromatic N) is 3. The number of aliphatic imine (C=N–C) groups is 1. The summed E-state index contributed by atoms with van der Waals surface area (Å²) >= 11 is 8.04. The number of thiazole rings is 1. The first-order chi connectivity index (χ1) is 14.2. The molecule has 0 spiro atoms. The van der Waals surface area contributed by atoms with Crippen molar-refractivity contribution >= 4 is 52.9 Å². The second kappa shape index (κ2) is 13.5. The van der Waals surface area contributed by atoms with Gasteiger partial charge in [-0.25, -0.2) is 4.98 Å². The van der Waals surface area contributed by atoms with E-state index in [1.54, 1.807) is 18.4 Å². The first-order valence-electron chi connectivity index (χ1n) is 10.1. The highest BCUT2D eigenvalue weighted by molar-refractivity contribution is 14.0. The molecule has 1 aliphatic heterocycles. The molecule has 0 aliphatic carbocycles. The van der Waals surface area contributed by atoms with E-state index in [0.29, 0.717) is 0 Å². The van der Waals surface area contributed by atoms with Gasteiger partial charge in [-0.15, -0.1) is 35.3 Å². The van der Waals surface area contributed by atoms with E-state index in [4.69, 9.17) is 16.3 Å². The van der Waals surface area contributed by atoms with Crippen LogP contribution in [-0.4, -0.2) is 62.3 Å². The molecule has 30 heavy (non-hydrogen) atoms. The molecule has 0 saturated carbocycles. The molecule has 1 aliphatic rings. The zero-order valence-corrected chi connectivity index (χ0v) is 21.5. The average Bonchev–Trinajstić information content (AvgIpc) is 3.21. The van der Waals surface area contributed by atoms with Gasteiger partial charge >= 0.3 is 0 Å². The minimum atomic E-state index is 0. The molecule has 6 nitrogen and oxygen atoms in total. The molecule has 1 aromatic carbocycles. The number of halogens is 2. The number of morpholine rings is 1. The number of hydrogen-bond donors (Lipinski definition) is 2. The highest BCUT2D eigenvalue weighted by atomic mass is 127. The van der Waals surface area contributed by atoms with Gasteiger partial charge in [0.2, 0.25) is 0 Å². The Bertz CT molecular complexity index is 797. The van der Waals surface area contributed by atoms with Gasteiger partial charge in [-0.2, -0.15) is 0 Å². The minimum Gasteiger partial charge on any atom is -0.379 e. The van der Waals surface area contributed by atoms with Crippen LogP contribution < -0.4 is 10.6 Å². The first kappa shape index (κ1) is 25.3. The summed E-state index contributed by atoms with van der Waals surface area (Å²) in [7, 11) is 1.80. The Morgan fingerprint density at radius 1 is 1.33 bits per heavy atom. The second-order valence-electron chi connectivity index (χ2n) is 6.92. The molecule has 0 radical (unpaired) electrons. The smallest absolute Gasteiger partial charge is 0.191 e. The van der Waals surface area contributed by atoms with Gasteiger partial charge < -0.3 is 15.4 Å². The van der Waals surface area contributed by atoms with E-state index in [1.807, 2.05) is 24.4 Å². The van der Waals surface area contributed by atoms with E-state index in [2.05, 4.69) is 38.5 Å². The number of aryl methyl sites for hydroxylation is 1. The lowest BCUT2D eigenvalue weighted by Crippen LogP contribution is -2.46. The summed E-state index contributed by atoms with van der Waals surface area (Å²) in [4.78, 5) is 12.6. The molecule has 1 atom stereocenters. The van der Waals surface area contributed by atoms with Gasteiger partial charge in [0.05, 0.1) is 24.3 Å². The number of ether oxygens (including phenoxy) is 1. The van der Waals surface area contributed by atoms with E-state index < -0.39 is 0 Å². The monoisotopic (exact) mass is 563 g/mol. The SMILES string of the molecule is CCc1cnc(CCNC(=NC)NCC(c2cccc(Cl)c2)N2CCOCC2)s1.I. The molecule has 9 heteroatoms. The summed E-state index contributed by atoms with van der Waals surface area (Å²) in [5.41, 5.74) is 1.21. The molecule has 1 unspecified atom stereocenters. The predicted molar refractivity (Wildman–Crippen MR) is 137 cm³/mol. The van der Waals surface area contributed by atoms with Crippen molar-refractivity contribution in [3.05, 3.63) is 50.9 Å². The zero-order valence-electron chi connectivity index (χ0n) is 17.6. The average molecular weight is 564 g/mol. The summed E-state index contributed by atoms with van der Waals surface area (Å²) in [5, 5.41) is 8.81. The third-order valence-electron chi connectivity index (χ3n) is 4.99. The molecule has 166 valence electrons. The second-order valence-corrected chi connectivity index (χ2v) is 8.56. The van der Waals surface area contributed by atoms with Crippen molar-refractivity contribution in [3.8, 4) is 0 Å². The van der Waals surface area contributed by atoms with Gasteiger partial charge in [-0.1, -0.05) is 30.7 Å². The van der Waals surface area contributed by atoms with Crippen LogP contribution in [0.25, 0.3) is 0 Å². The first-order valence-corrected chi connectivity index (χ1v) is 11.3. The summed E-state index contributed by atoms with van der Waals surface area (Å²) < 4.78 is 5.53. The van der Waals surface area contributed by atoms with E-state index >= 15 is 0 Å². The maximum absolute atomic E-state index is 6.25. The molecule has 1 aromatic heterocycles. The lowest BCUT2D eigenvalue weighted by atomic mass is 10.0. The van der Waals surface area contributed by atoms with Crippen LogP contribution in [0.3, 0.4) is 0 Å². The Balaban J connectivity index is 0.00000320. The standard InChI is InChI=1S/C21H30ClN5OS.HI/c1-3-18-14-25-20(29-18)7-8-24-21(23-2)26-15-19(27-9-11-28-12-10-27)16-5-4-6-17(22)13-16;/h4-6,13-14,19H,3,7-12,15H2,1-2H3,(H2,23,24,26);1H. The molecule has 0 amide bonds. The number of hydrogen-bond acceptors (Lipinski definition) is 5. The Morgan fingerprint density at radius 3 is 2.80 bits per heavy atom. The van der Waals surface area contributed by atoms with Crippen LogP contribution in [0.5, 0.6) is 0 Å². The fourth-order valence-electron chi connectivity index (χ4n) is 3.39. The lowest BCUT2D eigenvalue weighted by molar-refractivity contribution is 0.0170. The number of guanidine groups is 1. The van der Waals surface area contributed by atoms with E-state index in [0.717, 1.165) is 68.2 Å². The third-order valence-corrected chi connectivity index (χ3v) is 6.42. The van der Waals surface area contributed by atoms with Crippen molar-refractivity contribution in [1.82, 2.24) is 20.5 Å². The molecule has 1 fully saturated rings. The summed E-state index contributed by atoms with van der Waals surface area (Å²) in [6, 6.07) is 8.32. The van der Waals surface area contributed by atoms with E-state index in [9.17, 15) is 0 Å². The minimum absolute atomic E-state index is 0. The molecule has 1 saturated heterocycles. The molecule has 0 bridgehead atoms. The molecule has 2 aromatic rings. The van der Waals surface area contributed by atoms with Crippen LogP contribution in [0.15, 0.2) is 35.5 Å². The molecule has 3 rings (SSSR count). The molecule has 2 N–H and O–H groups in total. The normalized spacial score (nSPS) is 16.0. The van der Waals surface area contributed by atoms with E-state index in [-0.39, 0.29) is 30.0 Å². The lowest BCUT2D eigenvalue weighted by Gasteiger charge is -2.35. The number of nitrogens with one attached hydrogen (secondary N) is 2. The van der Waals surface area contributed by atoms with Gasteiger partial charge in [-0.05, 0) is 24.1 Å².